The van der Waals surface area contributed by atoms with Gasteiger partial charge in [-0.25, -0.2) is 0 Å². The maximum atomic E-state index is 12.0. The van der Waals surface area contributed by atoms with Crippen LogP contribution in [0.3, 0.4) is 0 Å². The Morgan fingerprint density at radius 3 is 2.42 bits per heavy atom. The number of aromatic nitrogens is 3. The largest absolute Gasteiger partial charge is 0.358 e. The Balaban J connectivity index is 1.85. The molecule has 128 valence electrons. The third-order valence-electron chi connectivity index (χ3n) is 3.60. The SMILES string of the molecule is CN(C)CCNC(=O)c1ccc(N(C)CCc2ccncc2)nn1. The minimum absolute atomic E-state index is 0.199. The first-order chi connectivity index (χ1) is 11.6. The van der Waals surface area contributed by atoms with Crippen LogP contribution in [0.2, 0.25) is 0 Å². The number of hydrogen-bond acceptors (Lipinski definition) is 6. The van der Waals surface area contributed by atoms with Crippen LogP contribution in [-0.2, 0) is 6.42 Å². The molecule has 7 nitrogen and oxygen atoms in total. The van der Waals surface area contributed by atoms with Gasteiger partial charge in [0.2, 0.25) is 0 Å². The van der Waals surface area contributed by atoms with Crippen LogP contribution in [0.4, 0.5) is 5.82 Å². The Hall–Kier alpha value is -2.54. The molecule has 7 heteroatoms. The van der Waals surface area contributed by atoms with E-state index in [1.54, 1.807) is 18.5 Å². The lowest BCUT2D eigenvalue weighted by Gasteiger charge is -2.17. The second kappa shape index (κ2) is 8.93. The number of hydrogen-bond donors (Lipinski definition) is 1. The highest BCUT2D eigenvalue weighted by Crippen LogP contribution is 2.09. The first-order valence-electron chi connectivity index (χ1n) is 7.93. The first kappa shape index (κ1) is 17.8. The van der Waals surface area contributed by atoms with Crippen LogP contribution in [-0.4, -0.2) is 66.8 Å². The highest BCUT2D eigenvalue weighted by Gasteiger charge is 2.09. The minimum atomic E-state index is -0.199. The first-order valence-corrected chi connectivity index (χ1v) is 7.93. The van der Waals surface area contributed by atoms with Crippen molar-refractivity contribution >= 4 is 11.7 Å². The van der Waals surface area contributed by atoms with Gasteiger partial charge in [-0.05, 0) is 50.3 Å². The van der Waals surface area contributed by atoms with Crippen LogP contribution >= 0.6 is 0 Å². The van der Waals surface area contributed by atoms with Crippen LogP contribution in [0, 0.1) is 0 Å². The van der Waals surface area contributed by atoms with Crippen LogP contribution in [0.25, 0.3) is 0 Å². The Kier molecular flexibility index (Phi) is 6.62. The average Bonchev–Trinajstić information content (AvgIpc) is 2.60. The number of nitrogens with zero attached hydrogens (tertiary/aromatic N) is 5. The minimum Gasteiger partial charge on any atom is -0.358 e. The van der Waals surface area contributed by atoms with Crippen LogP contribution in [0.1, 0.15) is 16.1 Å². The molecule has 2 aromatic heterocycles. The summed E-state index contributed by atoms with van der Waals surface area (Å²) < 4.78 is 0. The van der Waals surface area contributed by atoms with Crippen molar-refractivity contribution in [2.75, 3.05) is 45.7 Å². The number of amides is 1. The van der Waals surface area contributed by atoms with Crippen molar-refractivity contribution in [2.45, 2.75) is 6.42 Å². The van der Waals surface area contributed by atoms with Gasteiger partial charge in [0.05, 0.1) is 0 Å². The summed E-state index contributed by atoms with van der Waals surface area (Å²) in [6.07, 6.45) is 4.48. The Labute approximate surface area is 142 Å². The Morgan fingerprint density at radius 2 is 1.79 bits per heavy atom. The smallest absolute Gasteiger partial charge is 0.271 e. The molecule has 24 heavy (non-hydrogen) atoms. The molecule has 0 fully saturated rings. The molecule has 0 unspecified atom stereocenters. The van der Waals surface area contributed by atoms with Gasteiger partial charge in [0, 0.05) is 39.1 Å². The monoisotopic (exact) mass is 328 g/mol. The van der Waals surface area contributed by atoms with E-state index in [2.05, 4.69) is 20.5 Å². The molecule has 0 aliphatic heterocycles. The molecule has 0 aliphatic rings. The van der Waals surface area contributed by atoms with Crippen LogP contribution in [0.15, 0.2) is 36.7 Å². The molecule has 0 saturated carbocycles. The molecule has 0 radical (unpaired) electrons. The predicted molar refractivity (Wildman–Crippen MR) is 94.1 cm³/mol. The molecule has 2 heterocycles. The zero-order valence-corrected chi connectivity index (χ0v) is 14.4. The lowest BCUT2D eigenvalue weighted by atomic mass is 10.2. The van der Waals surface area contributed by atoms with E-state index in [0.29, 0.717) is 12.2 Å². The van der Waals surface area contributed by atoms with Crippen molar-refractivity contribution in [3.63, 3.8) is 0 Å². The lowest BCUT2D eigenvalue weighted by molar-refractivity contribution is 0.0945. The number of carbonyl (C=O) groups excluding carboxylic acids is 1. The summed E-state index contributed by atoms with van der Waals surface area (Å²) in [7, 11) is 5.88. The second-order valence-electron chi connectivity index (χ2n) is 5.86. The number of pyridine rings is 1. The zero-order chi connectivity index (χ0) is 17.4. The van der Waals surface area contributed by atoms with Gasteiger partial charge in [-0.15, -0.1) is 10.2 Å². The predicted octanol–water partition coefficient (Wildman–Crippen LogP) is 0.842. The van der Waals surface area contributed by atoms with E-state index in [4.69, 9.17) is 0 Å². The molecule has 0 atom stereocenters. The molecule has 0 spiro atoms. The molecular formula is C17H24N6O. The van der Waals surface area contributed by atoms with Crippen molar-refractivity contribution in [1.29, 1.82) is 0 Å². The number of nitrogens with one attached hydrogen (secondary N) is 1. The Morgan fingerprint density at radius 1 is 1.04 bits per heavy atom. The van der Waals surface area contributed by atoms with Gasteiger partial charge < -0.3 is 15.1 Å². The molecule has 0 aliphatic carbocycles. The summed E-state index contributed by atoms with van der Waals surface area (Å²) in [6, 6.07) is 7.53. The molecule has 1 N–H and O–H groups in total. The van der Waals surface area contributed by atoms with Gasteiger partial charge in [0.1, 0.15) is 0 Å². The van der Waals surface area contributed by atoms with Gasteiger partial charge in [0.15, 0.2) is 11.5 Å². The van der Waals surface area contributed by atoms with Crippen LogP contribution < -0.4 is 10.2 Å². The van der Waals surface area contributed by atoms with E-state index in [0.717, 1.165) is 25.3 Å². The summed E-state index contributed by atoms with van der Waals surface area (Å²) >= 11 is 0. The van der Waals surface area contributed by atoms with Gasteiger partial charge in [-0.2, -0.15) is 0 Å². The van der Waals surface area contributed by atoms with Crippen molar-refractivity contribution in [3.8, 4) is 0 Å². The normalized spacial score (nSPS) is 10.7. The number of anilines is 1. The average molecular weight is 328 g/mol. The molecule has 0 aromatic carbocycles. The zero-order valence-electron chi connectivity index (χ0n) is 14.4. The van der Waals surface area contributed by atoms with Crippen molar-refractivity contribution in [2.24, 2.45) is 0 Å². The summed E-state index contributed by atoms with van der Waals surface area (Å²) in [5.41, 5.74) is 1.56. The molecule has 1 amide bonds. The topological polar surface area (TPSA) is 74.2 Å². The highest BCUT2D eigenvalue weighted by atomic mass is 16.1. The summed E-state index contributed by atoms with van der Waals surface area (Å²) in [6.45, 7) is 2.18. The number of likely N-dealkylation sites (N-methyl/N-ethyl adjacent to an activating group) is 2. The van der Waals surface area contributed by atoms with Crippen molar-refractivity contribution in [1.82, 2.24) is 25.4 Å². The maximum Gasteiger partial charge on any atom is 0.271 e. The molecular weight excluding hydrogens is 304 g/mol. The molecule has 0 bridgehead atoms. The van der Waals surface area contributed by atoms with Crippen molar-refractivity contribution in [3.05, 3.63) is 47.9 Å². The molecule has 2 aromatic rings. The fourth-order valence-electron chi connectivity index (χ4n) is 2.09. The van der Waals surface area contributed by atoms with Crippen LogP contribution in [0.5, 0.6) is 0 Å². The summed E-state index contributed by atoms with van der Waals surface area (Å²) in [4.78, 5) is 20.0. The standard InChI is InChI=1S/C17H24N6O/c1-22(2)13-11-19-17(24)15-4-5-16(21-20-15)23(3)12-8-14-6-9-18-10-7-14/h4-7,9-10H,8,11-13H2,1-3H3,(H,19,24). The van der Waals surface area contributed by atoms with Gasteiger partial charge in [-0.1, -0.05) is 0 Å². The molecule has 2 rings (SSSR count). The number of rotatable bonds is 8. The summed E-state index contributed by atoms with van der Waals surface area (Å²) in [5.74, 6) is 0.546. The van der Waals surface area contributed by atoms with E-state index in [1.807, 2.05) is 49.1 Å². The highest BCUT2D eigenvalue weighted by molar-refractivity contribution is 5.92. The maximum absolute atomic E-state index is 12.0. The van der Waals surface area contributed by atoms with Crippen molar-refractivity contribution < 1.29 is 4.79 Å². The van der Waals surface area contributed by atoms with Gasteiger partial charge in [0.25, 0.3) is 5.91 Å². The van der Waals surface area contributed by atoms with E-state index in [9.17, 15) is 4.79 Å². The number of carbonyl (C=O) groups is 1. The fourth-order valence-corrected chi connectivity index (χ4v) is 2.09. The van der Waals surface area contributed by atoms with E-state index >= 15 is 0 Å². The second-order valence-corrected chi connectivity index (χ2v) is 5.86. The molecule has 0 saturated heterocycles. The fraction of sp³-hybridized carbons (Fsp3) is 0.412. The van der Waals surface area contributed by atoms with Gasteiger partial charge >= 0.3 is 0 Å². The van der Waals surface area contributed by atoms with E-state index < -0.39 is 0 Å². The van der Waals surface area contributed by atoms with E-state index in [1.165, 1.54) is 5.56 Å². The lowest BCUT2D eigenvalue weighted by Crippen LogP contribution is -2.32. The quantitative estimate of drug-likeness (QED) is 0.774. The Bertz CT molecular complexity index is 629. The van der Waals surface area contributed by atoms with Gasteiger partial charge in [-0.3, -0.25) is 9.78 Å². The third kappa shape index (κ3) is 5.58. The third-order valence-corrected chi connectivity index (χ3v) is 3.60. The van der Waals surface area contributed by atoms with E-state index in [-0.39, 0.29) is 5.91 Å². The summed E-state index contributed by atoms with van der Waals surface area (Å²) in [5, 5.41) is 11.0.